The minimum absolute atomic E-state index is 0. The van der Waals surface area contributed by atoms with Crippen LogP contribution >= 0.6 is 0 Å². The number of imidazole rings is 6. The van der Waals surface area contributed by atoms with E-state index >= 15 is 0 Å². The monoisotopic (exact) mass is 1030 g/mol. The van der Waals surface area contributed by atoms with Crippen molar-refractivity contribution in [3.63, 3.8) is 0 Å². The number of benzene rings is 6. The molecule has 0 amide bonds. The molecule has 0 aliphatic rings. The van der Waals surface area contributed by atoms with E-state index in [0.717, 1.165) is 117 Å². The van der Waals surface area contributed by atoms with Crippen LogP contribution in [0.15, 0.2) is 201 Å². The van der Waals surface area contributed by atoms with Gasteiger partial charge in [0.25, 0.3) is 0 Å². The van der Waals surface area contributed by atoms with Crippen molar-refractivity contribution in [3.05, 3.63) is 201 Å². The van der Waals surface area contributed by atoms with Gasteiger partial charge in [-0.1, -0.05) is 121 Å². The van der Waals surface area contributed by atoms with Crippen molar-refractivity contribution in [3.8, 4) is 68.7 Å². The van der Waals surface area contributed by atoms with Gasteiger partial charge >= 0.3 is 16.8 Å². The Morgan fingerprint density at radius 1 is 0.280 bits per heavy atom. The molecule has 0 aliphatic carbocycles. The predicted octanol–water partition coefficient (Wildman–Crippen LogP) is 9.74. The number of rotatable bonds is 6. The molecule has 9 heterocycles. The molecule has 9 aromatic heterocycles. The van der Waals surface area contributed by atoms with E-state index in [0.29, 0.717) is 17.5 Å². The SMILES string of the molecule is O.O.[Co+3].c1ccc2[n-]c(-c3ccc(-c4nc5ccccc5[nH]4)cn3)nc2c1.c1ccc2[n-]c(-c3ccc(-c4nc5ccccc5[nH]4)nc3)nc2c1.c1ccc2[n-]c(-c3ccc(-c4nc5ccccc5[nH]4)nc3)nc2c1. The smallest absolute Gasteiger partial charge is 0.435 e. The molecule has 75 heavy (non-hydrogen) atoms. The fraction of sp³-hybridized carbons (Fsp3) is 0. The summed E-state index contributed by atoms with van der Waals surface area (Å²) < 4.78 is 0. The molecule has 18 heteroatoms. The number of para-hydroxylation sites is 12. The Morgan fingerprint density at radius 2 is 0.600 bits per heavy atom. The van der Waals surface area contributed by atoms with Crippen LogP contribution in [0.3, 0.4) is 0 Å². The minimum Gasteiger partial charge on any atom is -0.435 e. The van der Waals surface area contributed by atoms with Gasteiger partial charge in [0.05, 0.1) is 38.8 Å². The van der Waals surface area contributed by atoms with Crippen LogP contribution in [0.25, 0.3) is 135 Å². The van der Waals surface area contributed by atoms with Gasteiger partial charge in [-0.2, -0.15) is 0 Å². The van der Waals surface area contributed by atoms with E-state index in [1.807, 2.05) is 182 Å². The number of hydrogen-bond donors (Lipinski definition) is 3. The van der Waals surface area contributed by atoms with Crippen LogP contribution in [0.1, 0.15) is 0 Å². The molecule has 0 unspecified atom stereocenters. The van der Waals surface area contributed by atoms with Gasteiger partial charge in [-0.3, -0.25) is 15.0 Å². The van der Waals surface area contributed by atoms with Crippen molar-refractivity contribution in [2.24, 2.45) is 0 Å². The standard InChI is InChI=1S/3C19H12N5.Co.2H2O/c3*1-2-6-14-13(5-1)21-18(22-14)12-9-10-17(20-11-12)19-23-15-7-3-4-8-16(15)24-19;;;/h3*1-11H,(H-,21,22,23,24);;2*1H2/q3*-1;+3;;. The second kappa shape index (κ2) is 21.0. The second-order valence-corrected chi connectivity index (χ2v) is 16.7. The summed E-state index contributed by atoms with van der Waals surface area (Å²) in [7, 11) is 0. The molecule has 15 aromatic rings. The molecule has 0 bridgehead atoms. The van der Waals surface area contributed by atoms with Crippen molar-refractivity contribution >= 4 is 66.2 Å². The Morgan fingerprint density at radius 3 is 0.987 bits per heavy atom. The first-order chi connectivity index (χ1) is 35.6. The topological polar surface area (TPSA) is 269 Å². The van der Waals surface area contributed by atoms with Gasteiger partial charge in [0, 0.05) is 24.2 Å². The van der Waals surface area contributed by atoms with Crippen molar-refractivity contribution in [2.75, 3.05) is 0 Å². The van der Waals surface area contributed by atoms with Crippen molar-refractivity contribution in [1.29, 1.82) is 0 Å². The summed E-state index contributed by atoms with van der Waals surface area (Å²) in [6.07, 6.45) is 5.38. The largest absolute Gasteiger partial charge is 3.00 e. The zero-order chi connectivity index (χ0) is 47.8. The molecule has 0 saturated carbocycles. The van der Waals surface area contributed by atoms with Crippen LogP contribution in [0.2, 0.25) is 0 Å². The predicted molar refractivity (Wildman–Crippen MR) is 287 cm³/mol. The first kappa shape index (κ1) is 48.6. The van der Waals surface area contributed by atoms with E-state index in [1.54, 1.807) is 18.6 Å². The van der Waals surface area contributed by atoms with E-state index in [9.17, 15) is 0 Å². The molecule has 7 N–H and O–H groups in total. The van der Waals surface area contributed by atoms with Gasteiger partial charge in [-0.05, 0) is 122 Å². The fourth-order valence-corrected chi connectivity index (χ4v) is 8.33. The molecule has 0 atom stereocenters. The van der Waals surface area contributed by atoms with E-state index in [4.69, 9.17) is 0 Å². The summed E-state index contributed by atoms with van der Waals surface area (Å²) in [6.45, 7) is 0. The molecule has 6 aromatic carbocycles. The van der Waals surface area contributed by atoms with Crippen LogP contribution < -0.4 is 15.0 Å². The minimum atomic E-state index is 0. The summed E-state index contributed by atoms with van der Waals surface area (Å²) in [5.74, 6) is 4.36. The third kappa shape index (κ3) is 9.86. The molecular formula is C57H40CoN15O2. The Balaban J connectivity index is 0.000000126. The zero-order valence-corrected chi connectivity index (χ0v) is 40.3. The molecule has 364 valence electrons. The number of nitrogens with one attached hydrogen (secondary N) is 3. The van der Waals surface area contributed by atoms with Crippen LogP contribution in [-0.4, -0.2) is 70.8 Å². The summed E-state index contributed by atoms with van der Waals surface area (Å²) in [6, 6.07) is 59.1. The number of nitrogens with zero attached hydrogens (tertiary/aromatic N) is 12. The average Bonchev–Trinajstić information content (AvgIpc) is 4.32. The molecule has 0 spiro atoms. The van der Waals surface area contributed by atoms with Crippen LogP contribution in [0.5, 0.6) is 0 Å². The average molecular weight is 1030 g/mol. The Kier molecular flexibility index (Phi) is 13.6. The molecule has 0 saturated heterocycles. The number of H-pyrrole nitrogens is 3. The third-order valence-corrected chi connectivity index (χ3v) is 12.0. The summed E-state index contributed by atoms with van der Waals surface area (Å²) >= 11 is 0. The number of hydrogen-bond acceptors (Lipinski definition) is 9. The molecule has 0 fully saturated rings. The quantitative estimate of drug-likeness (QED) is 0.140. The summed E-state index contributed by atoms with van der Waals surface area (Å²) in [5.41, 5.74) is 16.3. The fourth-order valence-electron chi connectivity index (χ4n) is 8.33. The zero-order valence-electron chi connectivity index (χ0n) is 39.3. The van der Waals surface area contributed by atoms with Gasteiger partial charge < -0.3 is 55.8 Å². The van der Waals surface area contributed by atoms with Crippen molar-refractivity contribution < 1.29 is 27.7 Å². The van der Waals surface area contributed by atoms with E-state index in [2.05, 4.69) is 74.8 Å². The van der Waals surface area contributed by atoms with Gasteiger partial charge in [0.1, 0.15) is 17.2 Å². The van der Waals surface area contributed by atoms with E-state index < -0.39 is 0 Å². The molecule has 0 radical (unpaired) electrons. The maximum atomic E-state index is 4.59. The molecule has 17 nitrogen and oxygen atoms in total. The first-order valence-electron chi connectivity index (χ1n) is 23.0. The van der Waals surface area contributed by atoms with Crippen LogP contribution in [-0.2, 0) is 16.8 Å². The Hall–Kier alpha value is -9.98. The maximum absolute atomic E-state index is 4.59. The van der Waals surface area contributed by atoms with E-state index in [-0.39, 0.29) is 27.7 Å². The van der Waals surface area contributed by atoms with Crippen molar-refractivity contribution in [1.82, 2.24) is 74.8 Å². The molecular weight excluding hydrogens is 986 g/mol. The second-order valence-electron chi connectivity index (χ2n) is 16.7. The normalized spacial score (nSPS) is 10.9. The number of aromatic nitrogens is 15. The number of pyridine rings is 3. The number of aromatic amines is 3. The Labute approximate surface area is 436 Å². The van der Waals surface area contributed by atoms with Gasteiger partial charge in [0.15, 0.2) is 11.6 Å². The van der Waals surface area contributed by atoms with Gasteiger partial charge in [-0.25, -0.2) is 15.0 Å². The summed E-state index contributed by atoms with van der Waals surface area (Å²) in [5, 5.41) is 0. The first-order valence-corrected chi connectivity index (χ1v) is 23.0. The maximum Gasteiger partial charge on any atom is 3.00 e. The van der Waals surface area contributed by atoms with Crippen LogP contribution in [0, 0.1) is 0 Å². The van der Waals surface area contributed by atoms with Gasteiger partial charge in [-0.15, -0.1) is 0 Å². The number of fused-ring (bicyclic) bond motifs is 6. The van der Waals surface area contributed by atoms with E-state index in [1.165, 1.54) is 0 Å². The Bertz CT molecular complexity index is 3440. The molecule has 0 aliphatic heterocycles. The van der Waals surface area contributed by atoms with Crippen LogP contribution in [0.4, 0.5) is 0 Å². The third-order valence-electron chi connectivity index (χ3n) is 12.0. The van der Waals surface area contributed by atoms with Crippen molar-refractivity contribution in [2.45, 2.75) is 0 Å². The molecule has 15 rings (SSSR count). The van der Waals surface area contributed by atoms with Gasteiger partial charge in [0.2, 0.25) is 0 Å². The summed E-state index contributed by atoms with van der Waals surface area (Å²) in [4.78, 5) is 64.4.